The van der Waals surface area contributed by atoms with Crippen LogP contribution < -0.4 is 10.5 Å². The van der Waals surface area contributed by atoms with Crippen LogP contribution in [0.25, 0.3) is 10.9 Å². The zero-order valence-corrected chi connectivity index (χ0v) is 11.5. The Bertz CT molecular complexity index is 594. The molecule has 1 aromatic carbocycles. The van der Waals surface area contributed by atoms with Gasteiger partial charge in [-0.3, -0.25) is 4.98 Å². The molecule has 1 fully saturated rings. The molecule has 0 amide bonds. The summed E-state index contributed by atoms with van der Waals surface area (Å²) in [6, 6.07) is 10.1. The topological polar surface area (TPSA) is 48.1 Å². The summed E-state index contributed by atoms with van der Waals surface area (Å²) >= 11 is 0. The second-order valence-electron chi connectivity index (χ2n) is 6.07. The van der Waals surface area contributed by atoms with E-state index in [-0.39, 0.29) is 17.6 Å². The number of fused-ring (bicyclic) bond motifs is 1. The quantitative estimate of drug-likeness (QED) is 0.898. The highest BCUT2D eigenvalue weighted by Crippen LogP contribution is 2.38. The Morgan fingerprint density at radius 3 is 2.89 bits per heavy atom. The van der Waals surface area contributed by atoms with E-state index in [1.807, 2.05) is 24.3 Å². The lowest BCUT2D eigenvalue weighted by Crippen LogP contribution is -2.42. The lowest BCUT2D eigenvalue weighted by Gasteiger charge is -2.27. The SMILES string of the molecule is CC1(C)CCC(Oc2ccc3cccnc3c2)C1N. The van der Waals surface area contributed by atoms with E-state index in [1.165, 1.54) is 0 Å². The molecule has 19 heavy (non-hydrogen) atoms. The number of rotatable bonds is 2. The van der Waals surface area contributed by atoms with Crippen LogP contribution in [0.1, 0.15) is 26.7 Å². The fraction of sp³-hybridized carbons (Fsp3) is 0.438. The lowest BCUT2D eigenvalue weighted by molar-refractivity contribution is 0.165. The molecule has 1 aliphatic rings. The number of aromatic nitrogens is 1. The number of nitrogens with two attached hydrogens (primary N) is 1. The van der Waals surface area contributed by atoms with Crippen LogP contribution in [0.5, 0.6) is 5.75 Å². The zero-order chi connectivity index (χ0) is 13.5. The molecule has 0 saturated heterocycles. The number of nitrogens with zero attached hydrogens (tertiary/aromatic N) is 1. The highest BCUT2D eigenvalue weighted by Gasteiger charge is 2.40. The van der Waals surface area contributed by atoms with Gasteiger partial charge in [0, 0.05) is 23.7 Å². The Labute approximate surface area is 113 Å². The molecule has 0 bridgehead atoms. The Kier molecular flexibility index (Phi) is 2.94. The summed E-state index contributed by atoms with van der Waals surface area (Å²) < 4.78 is 6.07. The Morgan fingerprint density at radius 1 is 1.32 bits per heavy atom. The minimum atomic E-state index is 0.0897. The van der Waals surface area contributed by atoms with Gasteiger partial charge in [0.05, 0.1) is 5.52 Å². The van der Waals surface area contributed by atoms with E-state index in [4.69, 9.17) is 10.5 Å². The smallest absolute Gasteiger partial charge is 0.122 e. The molecule has 1 aromatic heterocycles. The standard InChI is InChI=1S/C16H20N2O/c1-16(2)8-7-14(15(16)17)19-12-6-5-11-4-3-9-18-13(11)10-12/h3-6,9-10,14-15H,7-8,17H2,1-2H3. The molecule has 0 aliphatic heterocycles. The van der Waals surface area contributed by atoms with Gasteiger partial charge in [0.2, 0.25) is 0 Å². The van der Waals surface area contributed by atoms with Crippen molar-refractivity contribution in [1.29, 1.82) is 0 Å². The van der Waals surface area contributed by atoms with E-state index in [0.29, 0.717) is 0 Å². The summed E-state index contributed by atoms with van der Waals surface area (Å²) in [4.78, 5) is 4.35. The summed E-state index contributed by atoms with van der Waals surface area (Å²) in [5.74, 6) is 0.865. The van der Waals surface area contributed by atoms with E-state index in [0.717, 1.165) is 29.5 Å². The first-order chi connectivity index (χ1) is 9.06. The average Bonchev–Trinajstić information content (AvgIpc) is 2.66. The van der Waals surface area contributed by atoms with Gasteiger partial charge < -0.3 is 10.5 Å². The number of pyridine rings is 1. The predicted octanol–water partition coefficient (Wildman–Crippen LogP) is 3.13. The minimum absolute atomic E-state index is 0.0897. The number of ether oxygens (including phenoxy) is 1. The van der Waals surface area contributed by atoms with E-state index in [9.17, 15) is 0 Å². The summed E-state index contributed by atoms with van der Waals surface area (Å²) in [5, 5.41) is 1.13. The van der Waals surface area contributed by atoms with Crippen molar-refractivity contribution < 1.29 is 4.74 Å². The monoisotopic (exact) mass is 256 g/mol. The number of hydrogen-bond acceptors (Lipinski definition) is 3. The minimum Gasteiger partial charge on any atom is -0.489 e. The van der Waals surface area contributed by atoms with Crippen LogP contribution in [0.4, 0.5) is 0 Å². The van der Waals surface area contributed by atoms with Crippen molar-refractivity contribution in [2.24, 2.45) is 11.1 Å². The van der Waals surface area contributed by atoms with Crippen LogP contribution in [0, 0.1) is 5.41 Å². The van der Waals surface area contributed by atoms with Gasteiger partial charge in [-0.15, -0.1) is 0 Å². The van der Waals surface area contributed by atoms with Crippen LogP contribution in [0.2, 0.25) is 0 Å². The van der Waals surface area contributed by atoms with Gasteiger partial charge in [0.1, 0.15) is 11.9 Å². The third kappa shape index (κ3) is 2.30. The fourth-order valence-electron chi connectivity index (χ4n) is 2.79. The normalized spacial score (nSPS) is 25.6. The molecule has 3 heteroatoms. The maximum atomic E-state index is 6.28. The van der Waals surface area contributed by atoms with Gasteiger partial charge in [-0.05, 0) is 36.5 Å². The molecule has 0 radical (unpaired) electrons. The first-order valence-electron chi connectivity index (χ1n) is 6.83. The zero-order valence-electron chi connectivity index (χ0n) is 11.5. The molecule has 3 rings (SSSR count). The molecule has 0 spiro atoms. The summed E-state index contributed by atoms with van der Waals surface area (Å²) in [6.07, 6.45) is 4.05. The van der Waals surface area contributed by atoms with Crippen LogP contribution in [-0.2, 0) is 0 Å². The van der Waals surface area contributed by atoms with E-state index in [2.05, 4.69) is 24.9 Å². The van der Waals surface area contributed by atoms with Gasteiger partial charge in [0.15, 0.2) is 0 Å². The van der Waals surface area contributed by atoms with Gasteiger partial charge in [-0.1, -0.05) is 19.9 Å². The number of hydrogen-bond donors (Lipinski definition) is 1. The molecule has 3 nitrogen and oxygen atoms in total. The second kappa shape index (κ2) is 4.49. The Morgan fingerprint density at radius 2 is 2.16 bits per heavy atom. The van der Waals surface area contributed by atoms with Crippen molar-refractivity contribution in [3.63, 3.8) is 0 Å². The molecule has 2 aromatic rings. The van der Waals surface area contributed by atoms with Crippen molar-refractivity contribution in [2.45, 2.75) is 38.8 Å². The summed E-state index contributed by atoms with van der Waals surface area (Å²) in [6.45, 7) is 4.42. The molecule has 1 heterocycles. The van der Waals surface area contributed by atoms with Crippen molar-refractivity contribution in [1.82, 2.24) is 4.98 Å². The van der Waals surface area contributed by atoms with E-state index in [1.54, 1.807) is 6.20 Å². The maximum absolute atomic E-state index is 6.28. The van der Waals surface area contributed by atoms with Crippen LogP contribution in [-0.4, -0.2) is 17.1 Å². The van der Waals surface area contributed by atoms with Crippen LogP contribution in [0.3, 0.4) is 0 Å². The van der Waals surface area contributed by atoms with Crippen molar-refractivity contribution in [2.75, 3.05) is 0 Å². The Balaban J connectivity index is 1.82. The van der Waals surface area contributed by atoms with E-state index < -0.39 is 0 Å². The summed E-state index contributed by atoms with van der Waals surface area (Å²) in [7, 11) is 0. The molecular weight excluding hydrogens is 236 g/mol. The van der Waals surface area contributed by atoms with Crippen molar-refractivity contribution in [3.8, 4) is 5.75 Å². The second-order valence-corrected chi connectivity index (χ2v) is 6.07. The molecule has 100 valence electrons. The third-order valence-corrected chi connectivity index (χ3v) is 4.24. The predicted molar refractivity (Wildman–Crippen MR) is 77.1 cm³/mol. The third-order valence-electron chi connectivity index (χ3n) is 4.24. The van der Waals surface area contributed by atoms with Gasteiger partial charge >= 0.3 is 0 Å². The molecule has 2 unspecified atom stereocenters. The van der Waals surface area contributed by atoms with Gasteiger partial charge in [0.25, 0.3) is 0 Å². The summed E-state index contributed by atoms with van der Waals surface area (Å²) in [5.41, 5.74) is 7.41. The lowest BCUT2D eigenvalue weighted by atomic mass is 9.88. The fourth-order valence-corrected chi connectivity index (χ4v) is 2.79. The van der Waals surface area contributed by atoms with Crippen LogP contribution >= 0.6 is 0 Å². The van der Waals surface area contributed by atoms with Crippen LogP contribution in [0.15, 0.2) is 36.5 Å². The highest BCUT2D eigenvalue weighted by molar-refractivity contribution is 5.79. The van der Waals surface area contributed by atoms with E-state index >= 15 is 0 Å². The van der Waals surface area contributed by atoms with Gasteiger partial charge in [-0.25, -0.2) is 0 Å². The molecular formula is C16H20N2O. The first kappa shape index (κ1) is 12.4. The molecule has 2 atom stereocenters. The Hall–Kier alpha value is -1.61. The molecule has 2 N–H and O–H groups in total. The highest BCUT2D eigenvalue weighted by atomic mass is 16.5. The van der Waals surface area contributed by atoms with Crippen molar-refractivity contribution in [3.05, 3.63) is 36.5 Å². The number of benzene rings is 1. The first-order valence-corrected chi connectivity index (χ1v) is 6.83. The molecule has 1 saturated carbocycles. The average molecular weight is 256 g/mol. The maximum Gasteiger partial charge on any atom is 0.122 e. The van der Waals surface area contributed by atoms with Crippen molar-refractivity contribution >= 4 is 10.9 Å². The van der Waals surface area contributed by atoms with Gasteiger partial charge in [-0.2, -0.15) is 0 Å². The largest absolute Gasteiger partial charge is 0.489 e. The molecule has 1 aliphatic carbocycles.